The topological polar surface area (TPSA) is 148 Å². The van der Waals surface area contributed by atoms with Crippen LogP contribution < -0.4 is 16.4 Å². The van der Waals surface area contributed by atoms with Crippen LogP contribution >= 0.6 is 0 Å². The number of carbonyl (C=O) groups is 4. The van der Waals surface area contributed by atoms with Crippen molar-refractivity contribution in [1.29, 1.82) is 0 Å². The van der Waals surface area contributed by atoms with Gasteiger partial charge in [-0.3, -0.25) is 24.5 Å². The molecule has 3 heterocycles. The van der Waals surface area contributed by atoms with Gasteiger partial charge in [0, 0.05) is 70.0 Å². The van der Waals surface area contributed by atoms with E-state index in [1.807, 2.05) is 43.0 Å². The Morgan fingerprint density at radius 1 is 0.979 bits per heavy atom. The number of amides is 3. The highest BCUT2D eigenvalue weighted by Crippen LogP contribution is 2.35. The zero-order chi connectivity index (χ0) is 34.6. The van der Waals surface area contributed by atoms with E-state index in [1.54, 1.807) is 0 Å². The molecule has 1 aromatic carbocycles. The van der Waals surface area contributed by atoms with Crippen molar-refractivity contribution in [3.05, 3.63) is 35.4 Å². The largest absolute Gasteiger partial charge is 0.376 e. The van der Waals surface area contributed by atoms with Gasteiger partial charge in [-0.25, -0.2) is 0 Å². The van der Waals surface area contributed by atoms with Gasteiger partial charge in [0.1, 0.15) is 6.23 Å². The van der Waals surface area contributed by atoms with Crippen LogP contribution in [-0.4, -0.2) is 113 Å². The fraction of sp³-hybridized carbons (Fsp3) is 0.730. The summed E-state index contributed by atoms with van der Waals surface area (Å²) in [6.07, 6.45) is 7.48. The first-order chi connectivity index (χ1) is 23.0. The maximum atomic E-state index is 14.0. The third-order valence-electron chi connectivity index (χ3n) is 10.6. The Kier molecular flexibility index (Phi) is 14.8. The SMILES string of the molecule is Cc1ccc(CC(NC(=O)CCN2CCN(C)CC2)C(=O)CCCC2CCCCC3CCC(C(O)NC(C)CCC(N)=O)N3C2=O)cc1. The highest BCUT2D eigenvalue weighted by Gasteiger charge is 2.43. The normalized spacial score (nSPS) is 24.3. The second kappa shape index (κ2) is 18.8. The van der Waals surface area contributed by atoms with E-state index in [0.29, 0.717) is 45.1 Å². The van der Waals surface area contributed by atoms with Crippen molar-refractivity contribution in [2.45, 2.75) is 128 Å². The summed E-state index contributed by atoms with van der Waals surface area (Å²) in [7, 11) is 2.11. The average molecular weight is 669 g/mol. The molecule has 3 aliphatic heterocycles. The van der Waals surface area contributed by atoms with Gasteiger partial charge in [-0.15, -0.1) is 0 Å². The van der Waals surface area contributed by atoms with Gasteiger partial charge in [-0.05, 0) is 77.8 Å². The molecule has 3 fully saturated rings. The summed E-state index contributed by atoms with van der Waals surface area (Å²) < 4.78 is 0. The molecule has 3 saturated heterocycles. The van der Waals surface area contributed by atoms with Crippen LogP contribution in [0.5, 0.6) is 0 Å². The number of primary amides is 1. The van der Waals surface area contributed by atoms with E-state index in [2.05, 4.69) is 27.5 Å². The monoisotopic (exact) mass is 668 g/mol. The lowest BCUT2D eigenvalue weighted by atomic mass is 9.89. The van der Waals surface area contributed by atoms with Gasteiger partial charge in [0.15, 0.2) is 5.78 Å². The molecule has 0 aliphatic carbocycles. The number of nitrogens with one attached hydrogen (secondary N) is 2. The molecule has 1 aromatic rings. The molecule has 268 valence electrons. The number of benzene rings is 1. The van der Waals surface area contributed by atoms with E-state index in [9.17, 15) is 24.3 Å². The van der Waals surface area contributed by atoms with Crippen LogP contribution in [0.15, 0.2) is 24.3 Å². The summed E-state index contributed by atoms with van der Waals surface area (Å²) in [4.78, 5) is 58.5. The third-order valence-corrected chi connectivity index (χ3v) is 10.6. The zero-order valence-electron chi connectivity index (χ0n) is 29.5. The van der Waals surface area contributed by atoms with Crippen molar-refractivity contribution >= 4 is 23.5 Å². The Bertz CT molecular complexity index is 1200. The lowest BCUT2D eigenvalue weighted by molar-refractivity contribution is -0.143. The van der Waals surface area contributed by atoms with E-state index in [4.69, 9.17) is 5.73 Å². The quantitative estimate of drug-likeness (QED) is 0.185. The molecule has 0 bridgehead atoms. The van der Waals surface area contributed by atoms with Crippen molar-refractivity contribution < 1.29 is 24.3 Å². The minimum Gasteiger partial charge on any atom is -0.376 e. The Hall–Kier alpha value is -2.86. The first kappa shape index (κ1) is 38.0. The lowest BCUT2D eigenvalue weighted by Crippen LogP contribution is -2.55. The van der Waals surface area contributed by atoms with Crippen molar-refractivity contribution in [2.75, 3.05) is 39.8 Å². The van der Waals surface area contributed by atoms with E-state index in [-0.39, 0.29) is 54.0 Å². The number of Topliss-reactive ketones (excluding diaryl/α,β-unsaturated/α-hetero) is 1. The summed E-state index contributed by atoms with van der Waals surface area (Å²) >= 11 is 0. The second-order valence-electron chi connectivity index (χ2n) is 14.6. The van der Waals surface area contributed by atoms with Crippen molar-refractivity contribution in [3.63, 3.8) is 0 Å². The van der Waals surface area contributed by atoms with Gasteiger partial charge in [0.2, 0.25) is 17.7 Å². The third kappa shape index (κ3) is 11.6. The number of aliphatic hydroxyl groups is 1. The highest BCUT2D eigenvalue weighted by molar-refractivity contribution is 5.89. The number of hydrogen-bond donors (Lipinski definition) is 4. The minimum absolute atomic E-state index is 0.00307. The Labute approximate surface area is 287 Å². The predicted molar refractivity (Wildman–Crippen MR) is 187 cm³/mol. The summed E-state index contributed by atoms with van der Waals surface area (Å²) in [6.45, 7) is 8.50. The molecule has 6 atom stereocenters. The number of fused-ring (bicyclic) bond motifs is 1. The number of rotatable bonds is 17. The summed E-state index contributed by atoms with van der Waals surface area (Å²) in [6, 6.07) is 7.17. The van der Waals surface area contributed by atoms with Crippen molar-refractivity contribution in [3.8, 4) is 0 Å². The van der Waals surface area contributed by atoms with Gasteiger partial charge in [0.25, 0.3) is 0 Å². The van der Waals surface area contributed by atoms with Gasteiger partial charge < -0.3 is 30.9 Å². The average Bonchev–Trinajstić information content (AvgIpc) is 3.47. The van der Waals surface area contributed by atoms with Crippen LogP contribution in [0.3, 0.4) is 0 Å². The number of ketones is 1. The van der Waals surface area contributed by atoms with Crippen LogP contribution in [0.1, 0.15) is 95.1 Å². The second-order valence-corrected chi connectivity index (χ2v) is 14.6. The molecule has 6 unspecified atom stereocenters. The zero-order valence-corrected chi connectivity index (χ0v) is 29.5. The van der Waals surface area contributed by atoms with Crippen LogP contribution in [-0.2, 0) is 25.6 Å². The van der Waals surface area contributed by atoms with E-state index in [0.717, 1.165) is 75.8 Å². The smallest absolute Gasteiger partial charge is 0.226 e. The highest BCUT2D eigenvalue weighted by atomic mass is 16.3. The molecule has 0 saturated carbocycles. The summed E-state index contributed by atoms with van der Waals surface area (Å²) in [5, 5.41) is 17.4. The minimum atomic E-state index is -0.883. The molecule has 0 aromatic heterocycles. The van der Waals surface area contributed by atoms with Crippen molar-refractivity contribution in [2.24, 2.45) is 11.7 Å². The number of aryl methyl sites for hydroxylation is 1. The van der Waals surface area contributed by atoms with Crippen molar-refractivity contribution in [1.82, 2.24) is 25.3 Å². The Morgan fingerprint density at radius 2 is 1.69 bits per heavy atom. The molecule has 48 heavy (non-hydrogen) atoms. The van der Waals surface area contributed by atoms with Gasteiger partial charge in [-0.1, -0.05) is 42.7 Å². The maximum Gasteiger partial charge on any atom is 0.226 e. The molecule has 3 aliphatic rings. The van der Waals surface area contributed by atoms with E-state index in [1.165, 1.54) is 0 Å². The molecular formula is C37H60N6O5. The number of nitrogens with two attached hydrogens (primary N) is 1. The van der Waals surface area contributed by atoms with Crippen LogP contribution in [0, 0.1) is 12.8 Å². The molecule has 11 nitrogen and oxygen atoms in total. The standard InChI is InChI=1S/C37H60N6O5/c1-26-11-14-28(15-12-26)25-31(40-35(46)19-20-42-23-21-41(3)22-24-42)33(44)10-6-8-29-7-4-5-9-30-16-17-32(43(30)37(29)48)36(47)39-27(2)13-18-34(38)45/h11-12,14-15,27,29-32,36,39,47H,4-10,13,16-25H2,1-3H3,(H2,38,45)(H,40,46). The number of likely N-dealkylation sites (N-methyl/N-ethyl adjacent to an activating group) is 1. The molecular weight excluding hydrogens is 608 g/mol. The molecule has 5 N–H and O–H groups in total. The molecule has 3 amide bonds. The molecule has 0 radical (unpaired) electrons. The number of nitrogens with zero attached hydrogens (tertiary/aromatic N) is 3. The molecule has 4 rings (SSSR count). The molecule has 0 spiro atoms. The predicted octanol–water partition coefficient (Wildman–Crippen LogP) is 2.51. The van der Waals surface area contributed by atoms with Gasteiger partial charge in [0.05, 0.1) is 12.1 Å². The molecule has 11 heteroatoms. The Morgan fingerprint density at radius 3 is 2.40 bits per heavy atom. The maximum absolute atomic E-state index is 14.0. The lowest BCUT2D eigenvalue weighted by Gasteiger charge is -2.38. The number of aliphatic hydroxyl groups excluding tert-OH is 1. The number of hydrogen-bond acceptors (Lipinski definition) is 8. The number of piperazine rings is 1. The van der Waals surface area contributed by atoms with Crippen LogP contribution in [0.4, 0.5) is 0 Å². The van der Waals surface area contributed by atoms with Gasteiger partial charge >= 0.3 is 0 Å². The fourth-order valence-electron chi connectivity index (χ4n) is 7.57. The number of carbonyl (C=O) groups excluding carboxylic acids is 4. The summed E-state index contributed by atoms with van der Waals surface area (Å²) in [5.74, 6) is -0.590. The first-order valence-electron chi connectivity index (χ1n) is 18.3. The van der Waals surface area contributed by atoms with Gasteiger partial charge in [-0.2, -0.15) is 0 Å². The van der Waals surface area contributed by atoms with E-state index >= 15 is 0 Å². The van der Waals surface area contributed by atoms with Crippen LogP contribution in [0.2, 0.25) is 0 Å². The van der Waals surface area contributed by atoms with E-state index < -0.39 is 12.3 Å². The van der Waals surface area contributed by atoms with Crippen LogP contribution in [0.25, 0.3) is 0 Å². The fourth-order valence-corrected chi connectivity index (χ4v) is 7.57. The summed E-state index contributed by atoms with van der Waals surface area (Å²) in [5.41, 5.74) is 7.45. The first-order valence-corrected chi connectivity index (χ1v) is 18.3. The Balaban J connectivity index is 1.33.